The third-order valence-electron chi connectivity index (χ3n) is 3.30. The standard InChI is InChI=1S/C15H21ClN2O6S/c1-4-5-6-11(15(20)21)18-25(22,23)14-7-10(16)12(17-9(2)19)8-13(14)24-3/h7-8,11,18H,4-6H2,1-3H3,(H,17,19)(H,20,21). The number of carbonyl (C=O) groups excluding carboxylic acids is 1. The van der Waals surface area contributed by atoms with E-state index in [-0.39, 0.29) is 33.7 Å². The highest BCUT2D eigenvalue weighted by molar-refractivity contribution is 7.89. The Bertz CT molecular complexity index is 751. The number of rotatable bonds is 9. The monoisotopic (exact) mass is 392 g/mol. The number of ether oxygens (including phenoxy) is 1. The lowest BCUT2D eigenvalue weighted by atomic mass is 10.1. The second kappa shape index (κ2) is 9.02. The van der Waals surface area contributed by atoms with Crippen LogP contribution in [0.3, 0.4) is 0 Å². The van der Waals surface area contributed by atoms with Crippen molar-refractivity contribution in [1.29, 1.82) is 0 Å². The SMILES string of the molecule is CCCCC(NS(=O)(=O)c1cc(Cl)c(NC(C)=O)cc1OC)C(=O)O. The van der Waals surface area contributed by atoms with Crippen LogP contribution in [0.1, 0.15) is 33.1 Å². The fourth-order valence-electron chi connectivity index (χ4n) is 2.08. The van der Waals surface area contributed by atoms with Crippen molar-refractivity contribution in [3.8, 4) is 5.75 Å². The van der Waals surface area contributed by atoms with Gasteiger partial charge in [0.1, 0.15) is 16.7 Å². The van der Waals surface area contributed by atoms with Gasteiger partial charge in [-0.25, -0.2) is 8.42 Å². The first-order valence-electron chi connectivity index (χ1n) is 7.52. The van der Waals surface area contributed by atoms with E-state index in [1.165, 1.54) is 20.1 Å². The number of hydrogen-bond donors (Lipinski definition) is 3. The number of aliphatic carboxylic acids is 1. The Kier molecular flexibility index (Phi) is 7.65. The summed E-state index contributed by atoms with van der Waals surface area (Å²) in [4.78, 5) is 22.1. The van der Waals surface area contributed by atoms with Crippen molar-refractivity contribution < 1.29 is 27.9 Å². The predicted octanol–water partition coefficient (Wildman–Crippen LogP) is 2.23. The second-order valence-corrected chi connectivity index (χ2v) is 7.41. The van der Waals surface area contributed by atoms with Crippen molar-refractivity contribution in [2.45, 2.75) is 44.0 Å². The summed E-state index contributed by atoms with van der Waals surface area (Å²) >= 11 is 6.01. The molecular formula is C15H21ClN2O6S. The number of anilines is 1. The molecule has 25 heavy (non-hydrogen) atoms. The molecule has 0 aliphatic rings. The van der Waals surface area contributed by atoms with E-state index in [0.717, 1.165) is 12.5 Å². The van der Waals surface area contributed by atoms with E-state index in [2.05, 4.69) is 10.0 Å². The number of hydrogen-bond acceptors (Lipinski definition) is 5. The van der Waals surface area contributed by atoms with Crippen LogP contribution < -0.4 is 14.8 Å². The Morgan fingerprint density at radius 2 is 2.00 bits per heavy atom. The van der Waals surface area contributed by atoms with E-state index in [1.54, 1.807) is 0 Å². The number of nitrogens with one attached hydrogen (secondary N) is 2. The topological polar surface area (TPSA) is 122 Å². The van der Waals surface area contributed by atoms with Crippen LogP contribution in [0.2, 0.25) is 5.02 Å². The largest absolute Gasteiger partial charge is 0.495 e. The van der Waals surface area contributed by atoms with Gasteiger partial charge in [-0.15, -0.1) is 0 Å². The third-order valence-corrected chi connectivity index (χ3v) is 5.10. The van der Waals surface area contributed by atoms with Crippen molar-refractivity contribution in [3.63, 3.8) is 0 Å². The average Bonchev–Trinajstić information content (AvgIpc) is 2.52. The van der Waals surface area contributed by atoms with E-state index < -0.39 is 22.0 Å². The van der Waals surface area contributed by atoms with Crippen LogP contribution in [0.25, 0.3) is 0 Å². The molecule has 1 unspecified atom stereocenters. The number of benzene rings is 1. The van der Waals surface area contributed by atoms with Gasteiger partial charge in [0, 0.05) is 13.0 Å². The number of methoxy groups -OCH3 is 1. The summed E-state index contributed by atoms with van der Waals surface area (Å²) in [5.41, 5.74) is 0.186. The Labute approximate surface area is 151 Å². The number of carboxylic acid groups (broad SMARTS) is 1. The van der Waals surface area contributed by atoms with E-state index in [4.69, 9.17) is 16.3 Å². The third kappa shape index (κ3) is 5.87. The quantitative estimate of drug-likeness (QED) is 0.592. The predicted molar refractivity (Wildman–Crippen MR) is 93.6 cm³/mol. The maximum atomic E-state index is 12.6. The van der Waals surface area contributed by atoms with Gasteiger partial charge >= 0.3 is 5.97 Å². The maximum Gasteiger partial charge on any atom is 0.321 e. The summed E-state index contributed by atoms with van der Waals surface area (Å²) in [5.74, 6) is -1.72. The van der Waals surface area contributed by atoms with Gasteiger partial charge in [0.15, 0.2) is 0 Å². The van der Waals surface area contributed by atoms with Crippen LogP contribution >= 0.6 is 11.6 Å². The Balaban J connectivity index is 3.25. The second-order valence-electron chi connectivity index (χ2n) is 5.32. The number of unbranched alkanes of at least 4 members (excludes halogenated alkanes) is 1. The number of carboxylic acids is 1. The van der Waals surface area contributed by atoms with Crippen LogP contribution in [-0.2, 0) is 19.6 Å². The molecule has 0 saturated heterocycles. The molecule has 0 aliphatic carbocycles. The van der Waals surface area contributed by atoms with Crippen LogP contribution in [-0.4, -0.2) is 38.6 Å². The normalized spacial score (nSPS) is 12.5. The molecule has 0 fully saturated rings. The van der Waals surface area contributed by atoms with Crippen molar-refractivity contribution >= 4 is 39.2 Å². The molecule has 0 spiro atoms. The lowest BCUT2D eigenvalue weighted by Crippen LogP contribution is -2.40. The zero-order valence-corrected chi connectivity index (χ0v) is 15.7. The van der Waals surface area contributed by atoms with Crippen molar-refractivity contribution in [2.75, 3.05) is 12.4 Å². The van der Waals surface area contributed by atoms with Crippen LogP contribution in [0, 0.1) is 0 Å². The molecule has 1 atom stereocenters. The number of halogens is 1. The van der Waals surface area contributed by atoms with E-state index >= 15 is 0 Å². The highest BCUT2D eigenvalue weighted by Crippen LogP contribution is 2.34. The van der Waals surface area contributed by atoms with Gasteiger partial charge in [0.05, 0.1) is 17.8 Å². The first kappa shape index (κ1) is 21.2. The van der Waals surface area contributed by atoms with Gasteiger partial charge in [0.2, 0.25) is 15.9 Å². The van der Waals surface area contributed by atoms with Crippen LogP contribution in [0.5, 0.6) is 5.75 Å². The molecule has 1 rings (SSSR count). The minimum Gasteiger partial charge on any atom is -0.495 e. The molecule has 8 nitrogen and oxygen atoms in total. The van der Waals surface area contributed by atoms with Gasteiger partial charge in [-0.1, -0.05) is 31.4 Å². The van der Waals surface area contributed by atoms with Crippen molar-refractivity contribution in [3.05, 3.63) is 17.2 Å². The first-order valence-corrected chi connectivity index (χ1v) is 9.38. The molecular weight excluding hydrogens is 372 g/mol. The Morgan fingerprint density at radius 3 is 2.48 bits per heavy atom. The molecule has 140 valence electrons. The highest BCUT2D eigenvalue weighted by atomic mass is 35.5. The number of sulfonamides is 1. The molecule has 10 heteroatoms. The molecule has 1 aromatic carbocycles. The molecule has 0 heterocycles. The molecule has 1 amide bonds. The smallest absolute Gasteiger partial charge is 0.321 e. The highest BCUT2D eigenvalue weighted by Gasteiger charge is 2.28. The minimum absolute atomic E-state index is 0.0168. The lowest BCUT2D eigenvalue weighted by Gasteiger charge is -2.17. The fourth-order valence-corrected chi connectivity index (χ4v) is 3.76. The molecule has 0 bridgehead atoms. The summed E-state index contributed by atoms with van der Waals surface area (Å²) in [7, 11) is -2.94. The Morgan fingerprint density at radius 1 is 1.36 bits per heavy atom. The van der Waals surface area contributed by atoms with Gasteiger partial charge in [-0.3, -0.25) is 9.59 Å². The van der Waals surface area contributed by atoms with Gasteiger partial charge in [0.25, 0.3) is 0 Å². The summed E-state index contributed by atoms with van der Waals surface area (Å²) in [5, 5.41) is 11.6. The summed E-state index contributed by atoms with van der Waals surface area (Å²) in [6.07, 6.45) is 1.44. The number of amides is 1. The zero-order chi connectivity index (χ0) is 19.2. The average molecular weight is 393 g/mol. The van der Waals surface area contributed by atoms with Crippen LogP contribution in [0.15, 0.2) is 17.0 Å². The molecule has 0 aromatic heterocycles. The van der Waals surface area contributed by atoms with Gasteiger partial charge in [-0.2, -0.15) is 4.72 Å². The molecule has 0 saturated carbocycles. The number of carbonyl (C=O) groups is 2. The van der Waals surface area contributed by atoms with Crippen LogP contribution in [0.4, 0.5) is 5.69 Å². The minimum atomic E-state index is -4.20. The maximum absolute atomic E-state index is 12.6. The van der Waals surface area contributed by atoms with E-state index in [0.29, 0.717) is 6.42 Å². The lowest BCUT2D eigenvalue weighted by molar-refractivity contribution is -0.139. The van der Waals surface area contributed by atoms with E-state index in [9.17, 15) is 23.1 Å². The van der Waals surface area contributed by atoms with Gasteiger partial charge < -0.3 is 15.2 Å². The summed E-state index contributed by atoms with van der Waals surface area (Å²) in [6.45, 7) is 3.15. The van der Waals surface area contributed by atoms with Gasteiger partial charge in [-0.05, 0) is 12.5 Å². The van der Waals surface area contributed by atoms with Crippen molar-refractivity contribution in [1.82, 2.24) is 4.72 Å². The molecule has 0 aliphatic heterocycles. The summed E-state index contributed by atoms with van der Waals surface area (Å²) < 4.78 is 32.4. The molecule has 1 aromatic rings. The molecule has 0 radical (unpaired) electrons. The molecule has 3 N–H and O–H groups in total. The summed E-state index contributed by atoms with van der Waals surface area (Å²) in [6, 6.07) is 1.11. The van der Waals surface area contributed by atoms with Crippen molar-refractivity contribution in [2.24, 2.45) is 0 Å². The fraction of sp³-hybridized carbons (Fsp3) is 0.467. The van der Waals surface area contributed by atoms with E-state index in [1.807, 2.05) is 6.92 Å². The first-order chi connectivity index (χ1) is 11.6. The zero-order valence-electron chi connectivity index (χ0n) is 14.1. The Hall–Kier alpha value is -1.84.